The Labute approximate surface area is 145 Å². The van der Waals surface area contributed by atoms with Gasteiger partial charge in [0.1, 0.15) is 18.8 Å². The van der Waals surface area contributed by atoms with Crippen LogP contribution < -0.4 is 5.32 Å². The van der Waals surface area contributed by atoms with Crippen molar-refractivity contribution in [1.29, 1.82) is 0 Å². The SMILES string of the molecule is COCCCn1cnnc1[C@@H](C)Nc1nc(CO)nc2ccccc12. The lowest BCUT2D eigenvalue weighted by Gasteiger charge is -2.17. The third-order valence-corrected chi connectivity index (χ3v) is 3.92. The Morgan fingerprint density at radius 1 is 1.28 bits per heavy atom. The highest BCUT2D eigenvalue weighted by Crippen LogP contribution is 2.24. The van der Waals surface area contributed by atoms with Crippen LogP contribution in [0.1, 0.15) is 31.0 Å². The number of aromatic nitrogens is 5. The van der Waals surface area contributed by atoms with Gasteiger partial charge in [0, 0.05) is 25.6 Å². The van der Waals surface area contributed by atoms with Crippen LogP contribution in [0.15, 0.2) is 30.6 Å². The highest BCUT2D eigenvalue weighted by atomic mass is 16.5. The second kappa shape index (κ2) is 8.00. The fourth-order valence-corrected chi connectivity index (χ4v) is 2.73. The van der Waals surface area contributed by atoms with Gasteiger partial charge in [-0.15, -0.1) is 10.2 Å². The Kier molecular flexibility index (Phi) is 5.52. The van der Waals surface area contributed by atoms with E-state index in [1.54, 1.807) is 13.4 Å². The number of fused-ring (bicyclic) bond motifs is 1. The second-order valence-electron chi connectivity index (χ2n) is 5.76. The highest BCUT2D eigenvalue weighted by molar-refractivity contribution is 5.89. The van der Waals surface area contributed by atoms with Crippen molar-refractivity contribution in [3.63, 3.8) is 0 Å². The molecule has 0 saturated carbocycles. The number of methoxy groups -OCH3 is 1. The predicted molar refractivity (Wildman–Crippen MR) is 94.0 cm³/mol. The maximum absolute atomic E-state index is 9.41. The molecule has 3 rings (SSSR count). The zero-order valence-corrected chi connectivity index (χ0v) is 14.4. The summed E-state index contributed by atoms with van der Waals surface area (Å²) in [6.45, 7) is 3.28. The van der Waals surface area contributed by atoms with Crippen LogP contribution in [0.4, 0.5) is 5.82 Å². The molecule has 0 unspecified atom stereocenters. The van der Waals surface area contributed by atoms with Crippen molar-refractivity contribution < 1.29 is 9.84 Å². The smallest absolute Gasteiger partial charge is 0.156 e. The summed E-state index contributed by atoms with van der Waals surface area (Å²) in [5.74, 6) is 1.88. The summed E-state index contributed by atoms with van der Waals surface area (Å²) in [5, 5.41) is 21.9. The zero-order chi connectivity index (χ0) is 17.6. The van der Waals surface area contributed by atoms with E-state index in [9.17, 15) is 5.11 Å². The van der Waals surface area contributed by atoms with E-state index in [-0.39, 0.29) is 12.6 Å². The van der Waals surface area contributed by atoms with Crippen LogP contribution in [-0.2, 0) is 17.9 Å². The van der Waals surface area contributed by atoms with E-state index in [1.807, 2.05) is 35.8 Å². The van der Waals surface area contributed by atoms with Crippen molar-refractivity contribution in [3.05, 3.63) is 42.2 Å². The number of hydrogen-bond donors (Lipinski definition) is 2. The number of rotatable bonds is 8. The normalized spacial score (nSPS) is 12.4. The number of aliphatic hydroxyl groups is 1. The van der Waals surface area contributed by atoms with Crippen molar-refractivity contribution in [2.24, 2.45) is 0 Å². The van der Waals surface area contributed by atoms with Crippen LogP contribution >= 0.6 is 0 Å². The number of benzene rings is 1. The molecule has 3 aromatic rings. The predicted octanol–water partition coefficient (Wildman–Crippen LogP) is 1.92. The molecule has 2 aromatic heterocycles. The first-order chi connectivity index (χ1) is 12.2. The minimum atomic E-state index is -0.207. The van der Waals surface area contributed by atoms with Gasteiger partial charge in [0.25, 0.3) is 0 Å². The zero-order valence-electron chi connectivity index (χ0n) is 14.4. The number of aliphatic hydroxyl groups excluding tert-OH is 1. The molecule has 1 aromatic carbocycles. The molecule has 25 heavy (non-hydrogen) atoms. The first-order valence-electron chi connectivity index (χ1n) is 8.22. The van der Waals surface area contributed by atoms with Gasteiger partial charge < -0.3 is 19.7 Å². The Bertz CT molecular complexity index is 835. The van der Waals surface area contributed by atoms with Crippen LogP contribution in [0, 0.1) is 0 Å². The van der Waals surface area contributed by atoms with Gasteiger partial charge in [0.2, 0.25) is 0 Å². The second-order valence-corrected chi connectivity index (χ2v) is 5.76. The van der Waals surface area contributed by atoms with Gasteiger partial charge in [-0.25, -0.2) is 9.97 Å². The molecule has 132 valence electrons. The molecule has 8 heteroatoms. The average Bonchev–Trinajstić information content (AvgIpc) is 3.10. The Balaban J connectivity index is 1.85. The molecule has 0 spiro atoms. The number of para-hydroxylation sites is 1. The average molecular weight is 342 g/mol. The minimum Gasteiger partial charge on any atom is -0.388 e. The monoisotopic (exact) mass is 342 g/mol. The van der Waals surface area contributed by atoms with E-state index in [0.717, 1.165) is 29.7 Å². The van der Waals surface area contributed by atoms with E-state index < -0.39 is 0 Å². The first-order valence-corrected chi connectivity index (χ1v) is 8.22. The molecular formula is C17H22N6O2. The molecule has 2 heterocycles. The lowest BCUT2D eigenvalue weighted by atomic mass is 10.2. The standard InChI is InChI=1S/C17H22N6O2/c1-12(17-22-18-11-23(17)8-5-9-25-2)19-16-13-6-3-4-7-14(13)20-15(10-24)21-16/h3-4,6-7,11-12,24H,5,8-10H2,1-2H3,(H,19,20,21)/t12-/m1/s1. The molecule has 2 N–H and O–H groups in total. The maximum atomic E-state index is 9.41. The molecule has 0 aliphatic heterocycles. The van der Waals surface area contributed by atoms with Gasteiger partial charge in [-0.2, -0.15) is 0 Å². The van der Waals surface area contributed by atoms with Crippen LogP contribution in [0.2, 0.25) is 0 Å². The van der Waals surface area contributed by atoms with E-state index in [1.165, 1.54) is 0 Å². The summed E-state index contributed by atoms with van der Waals surface area (Å²) in [6, 6.07) is 7.60. The number of hydrogen-bond acceptors (Lipinski definition) is 7. The minimum absolute atomic E-state index is 0.102. The van der Waals surface area contributed by atoms with Crippen LogP contribution in [0.3, 0.4) is 0 Å². The van der Waals surface area contributed by atoms with Gasteiger partial charge in [0.05, 0.1) is 11.6 Å². The summed E-state index contributed by atoms with van der Waals surface area (Å²) in [4.78, 5) is 8.77. The van der Waals surface area contributed by atoms with Crippen molar-refractivity contribution in [3.8, 4) is 0 Å². The molecule has 0 aliphatic carbocycles. The molecule has 0 saturated heterocycles. The molecule has 0 fully saturated rings. The third kappa shape index (κ3) is 3.92. The molecular weight excluding hydrogens is 320 g/mol. The summed E-state index contributed by atoms with van der Waals surface area (Å²) in [5.41, 5.74) is 0.790. The van der Waals surface area contributed by atoms with E-state index in [2.05, 4.69) is 25.5 Å². The summed E-state index contributed by atoms with van der Waals surface area (Å²) in [6.07, 6.45) is 2.61. The quantitative estimate of drug-likeness (QED) is 0.604. The number of nitrogens with one attached hydrogen (secondary N) is 1. The van der Waals surface area contributed by atoms with Crippen molar-refractivity contribution >= 4 is 16.7 Å². The maximum Gasteiger partial charge on any atom is 0.156 e. The summed E-state index contributed by atoms with van der Waals surface area (Å²) < 4.78 is 7.11. The topological polar surface area (TPSA) is 98.0 Å². The molecule has 0 radical (unpaired) electrons. The Hall–Kier alpha value is -2.58. The van der Waals surface area contributed by atoms with Crippen molar-refractivity contribution in [2.75, 3.05) is 19.0 Å². The third-order valence-electron chi connectivity index (χ3n) is 3.92. The largest absolute Gasteiger partial charge is 0.388 e. The van der Waals surface area contributed by atoms with Gasteiger partial charge in [-0.3, -0.25) is 0 Å². The Morgan fingerprint density at radius 2 is 2.12 bits per heavy atom. The summed E-state index contributed by atoms with van der Waals surface area (Å²) >= 11 is 0. The number of aryl methyl sites for hydroxylation is 1. The van der Waals surface area contributed by atoms with Gasteiger partial charge >= 0.3 is 0 Å². The van der Waals surface area contributed by atoms with Crippen LogP contribution in [-0.4, -0.2) is 43.6 Å². The van der Waals surface area contributed by atoms with Gasteiger partial charge in [-0.1, -0.05) is 12.1 Å². The van der Waals surface area contributed by atoms with Crippen LogP contribution in [0.5, 0.6) is 0 Å². The van der Waals surface area contributed by atoms with Crippen LogP contribution in [0.25, 0.3) is 10.9 Å². The first kappa shape index (κ1) is 17.2. The molecule has 0 aliphatic rings. The highest BCUT2D eigenvalue weighted by Gasteiger charge is 2.16. The van der Waals surface area contributed by atoms with E-state index in [0.29, 0.717) is 18.2 Å². The molecule has 0 bridgehead atoms. The molecule has 0 amide bonds. The fraction of sp³-hybridized carbons (Fsp3) is 0.412. The number of ether oxygens (including phenoxy) is 1. The van der Waals surface area contributed by atoms with E-state index >= 15 is 0 Å². The van der Waals surface area contributed by atoms with Crippen molar-refractivity contribution in [2.45, 2.75) is 32.5 Å². The number of nitrogens with zero attached hydrogens (tertiary/aromatic N) is 5. The van der Waals surface area contributed by atoms with Gasteiger partial charge in [0.15, 0.2) is 11.6 Å². The molecule has 1 atom stereocenters. The van der Waals surface area contributed by atoms with Gasteiger partial charge in [-0.05, 0) is 25.5 Å². The summed E-state index contributed by atoms with van der Waals surface area (Å²) in [7, 11) is 1.69. The molecule has 8 nitrogen and oxygen atoms in total. The lowest BCUT2D eigenvalue weighted by Crippen LogP contribution is -2.16. The number of anilines is 1. The lowest BCUT2D eigenvalue weighted by molar-refractivity contribution is 0.190. The fourth-order valence-electron chi connectivity index (χ4n) is 2.73. The van der Waals surface area contributed by atoms with E-state index in [4.69, 9.17) is 4.74 Å². The Morgan fingerprint density at radius 3 is 2.92 bits per heavy atom. The van der Waals surface area contributed by atoms with Crippen molar-refractivity contribution in [1.82, 2.24) is 24.7 Å².